The van der Waals surface area contributed by atoms with Gasteiger partial charge >= 0.3 is 17.9 Å². The predicted octanol–water partition coefficient (Wildman–Crippen LogP) is 21.7. The Bertz CT molecular complexity index is 1870. The lowest BCUT2D eigenvalue weighted by Crippen LogP contribution is -2.30. The summed E-state index contributed by atoms with van der Waals surface area (Å²) in [6, 6.07) is 0. The third-order valence-electron chi connectivity index (χ3n) is 12.4. The van der Waals surface area contributed by atoms with E-state index in [4.69, 9.17) is 14.2 Å². The minimum Gasteiger partial charge on any atom is -0.462 e. The van der Waals surface area contributed by atoms with Gasteiger partial charge in [0.15, 0.2) is 6.10 Å². The van der Waals surface area contributed by atoms with E-state index in [1.165, 1.54) is 51.4 Å². The molecule has 0 aliphatic heterocycles. The minimum atomic E-state index is -0.850. The number of esters is 3. The second kappa shape index (κ2) is 65.0. The minimum absolute atomic E-state index is 0.0838. The van der Waals surface area contributed by atoms with Crippen LogP contribution in [0.4, 0.5) is 0 Å². The van der Waals surface area contributed by atoms with Gasteiger partial charge in [-0.25, -0.2) is 0 Å². The van der Waals surface area contributed by atoms with Gasteiger partial charge in [0.25, 0.3) is 0 Å². The molecule has 0 spiro atoms. The van der Waals surface area contributed by atoms with E-state index in [2.05, 4.69) is 191 Å². The molecule has 6 heteroatoms. The van der Waals surface area contributed by atoms with Gasteiger partial charge < -0.3 is 14.2 Å². The maximum atomic E-state index is 12.8. The topological polar surface area (TPSA) is 78.9 Å². The zero-order valence-corrected chi connectivity index (χ0v) is 50.3. The van der Waals surface area contributed by atoms with E-state index in [1.807, 2.05) is 6.08 Å². The van der Waals surface area contributed by atoms with Crippen molar-refractivity contribution in [2.75, 3.05) is 13.2 Å². The molecule has 0 amide bonds. The molecular formula is C73H112O6. The Balaban J connectivity index is 4.37. The Morgan fingerprint density at radius 3 is 0.835 bits per heavy atom. The maximum absolute atomic E-state index is 12.8. The number of hydrogen-bond donors (Lipinski definition) is 0. The lowest BCUT2D eigenvalue weighted by atomic mass is 10.1. The molecule has 0 radical (unpaired) electrons. The van der Waals surface area contributed by atoms with Crippen molar-refractivity contribution in [3.05, 3.63) is 182 Å². The molecule has 0 heterocycles. The van der Waals surface area contributed by atoms with Gasteiger partial charge in [0.2, 0.25) is 0 Å². The van der Waals surface area contributed by atoms with Gasteiger partial charge in [-0.2, -0.15) is 0 Å². The molecule has 6 nitrogen and oxygen atoms in total. The predicted molar refractivity (Wildman–Crippen MR) is 343 cm³/mol. The number of unbranched alkanes of at least 4 members (excludes halogenated alkanes) is 14. The van der Waals surface area contributed by atoms with E-state index < -0.39 is 12.1 Å². The summed E-state index contributed by atoms with van der Waals surface area (Å²) in [4.78, 5) is 38.1. The zero-order valence-electron chi connectivity index (χ0n) is 50.3. The fourth-order valence-electron chi connectivity index (χ4n) is 7.84. The molecule has 0 aliphatic rings. The molecule has 0 saturated carbocycles. The first-order valence-electron chi connectivity index (χ1n) is 31.3. The highest BCUT2D eigenvalue weighted by atomic mass is 16.6. The Hall–Kier alpha value is -5.49. The van der Waals surface area contributed by atoms with Crippen molar-refractivity contribution in [1.29, 1.82) is 0 Å². The average Bonchev–Trinajstić information content (AvgIpc) is 3.45. The van der Waals surface area contributed by atoms with Gasteiger partial charge in [-0.15, -0.1) is 0 Å². The molecule has 79 heavy (non-hydrogen) atoms. The van der Waals surface area contributed by atoms with Gasteiger partial charge in [-0.1, -0.05) is 280 Å². The van der Waals surface area contributed by atoms with Crippen molar-refractivity contribution in [3.63, 3.8) is 0 Å². The van der Waals surface area contributed by atoms with Crippen LogP contribution < -0.4 is 0 Å². The molecule has 0 fully saturated rings. The molecule has 0 bridgehead atoms. The molecule has 1 atom stereocenters. The van der Waals surface area contributed by atoms with Crippen LogP contribution in [0.5, 0.6) is 0 Å². The molecule has 1 unspecified atom stereocenters. The van der Waals surface area contributed by atoms with Crippen molar-refractivity contribution in [1.82, 2.24) is 0 Å². The third-order valence-corrected chi connectivity index (χ3v) is 12.4. The molecule has 0 N–H and O–H groups in total. The highest BCUT2D eigenvalue weighted by Crippen LogP contribution is 2.13. The van der Waals surface area contributed by atoms with E-state index in [9.17, 15) is 14.4 Å². The van der Waals surface area contributed by atoms with Crippen molar-refractivity contribution in [2.24, 2.45) is 0 Å². The number of hydrogen-bond acceptors (Lipinski definition) is 6. The van der Waals surface area contributed by atoms with Crippen LogP contribution in [0.15, 0.2) is 182 Å². The van der Waals surface area contributed by atoms with Gasteiger partial charge in [0, 0.05) is 12.8 Å². The lowest BCUT2D eigenvalue weighted by Gasteiger charge is -2.18. The molecule has 440 valence electrons. The standard InChI is InChI=1S/C73H112O6/c1-4-7-10-13-16-19-22-24-26-27-28-29-30-31-32-33-34-35-36-37-38-39-40-41-42-43-44-45-47-48-51-54-57-60-63-66-72(75)78-69-70(68-77-71(74)65-62-59-56-53-50-21-18-15-12-9-6-3)79-73(76)67-64-61-58-55-52-49-46-25-23-20-17-14-11-8-5-2/h7-8,10-11,16-17,19-20,24-26,28-29,31-32,34-35,37-38,40-41,43-44,46-48,52,55,61,64,70H,4-6,9,12-15,18,21-23,27,30,33,36,39,42,45,49-51,53-54,56-60,62-63,65-69H2,1-3H3/b10-7-,11-8-,19-16-,20-17-,26-24-,29-28-,32-31-,35-34-,38-37-,41-40-,44-43-,46-25-,48-47-,55-52-,64-61-. The molecule has 0 aliphatic carbocycles. The van der Waals surface area contributed by atoms with Crippen molar-refractivity contribution >= 4 is 17.9 Å². The van der Waals surface area contributed by atoms with Crippen LogP contribution in [0.2, 0.25) is 0 Å². The first kappa shape index (κ1) is 73.5. The van der Waals surface area contributed by atoms with Crippen LogP contribution in [0.3, 0.4) is 0 Å². The van der Waals surface area contributed by atoms with E-state index >= 15 is 0 Å². The van der Waals surface area contributed by atoms with Crippen LogP contribution >= 0.6 is 0 Å². The number of rotatable bonds is 54. The van der Waals surface area contributed by atoms with Crippen LogP contribution in [0, 0.1) is 0 Å². The van der Waals surface area contributed by atoms with Crippen LogP contribution in [0.1, 0.15) is 239 Å². The van der Waals surface area contributed by atoms with Crippen LogP contribution in [0.25, 0.3) is 0 Å². The summed E-state index contributed by atoms with van der Waals surface area (Å²) >= 11 is 0. The summed E-state index contributed by atoms with van der Waals surface area (Å²) in [5.74, 6) is -1.10. The SMILES string of the molecule is CC/C=C\C/C=C\C/C=C\C/C=C\C/C=C\C/C=C\C/C=C\C/C=C\C/C=C\C/C=C\CCCCCCC(=O)OCC(COC(=O)CCCCCCCCCCCCC)OC(=O)C/C=C\C/C=C\C/C=C\C/C=C\C/C=C\CC. The summed E-state index contributed by atoms with van der Waals surface area (Å²) in [7, 11) is 0. The fraction of sp³-hybridized carbons (Fsp3) is 0.548. The summed E-state index contributed by atoms with van der Waals surface area (Å²) in [5, 5.41) is 0. The summed E-state index contributed by atoms with van der Waals surface area (Å²) in [6.45, 7) is 6.28. The number of ether oxygens (including phenoxy) is 3. The number of allylic oxidation sites excluding steroid dienone is 29. The highest BCUT2D eigenvalue weighted by Gasteiger charge is 2.19. The maximum Gasteiger partial charge on any atom is 0.310 e. The molecule has 0 aromatic carbocycles. The van der Waals surface area contributed by atoms with E-state index in [0.29, 0.717) is 19.3 Å². The second-order valence-corrected chi connectivity index (χ2v) is 19.9. The van der Waals surface area contributed by atoms with E-state index in [1.54, 1.807) is 6.08 Å². The fourth-order valence-corrected chi connectivity index (χ4v) is 7.84. The van der Waals surface area contributed by atoms with Gasteiger partial charge in [0.1, 0.15) is 13.2 Å². The van der Waals surface area contributed by atoms with E-state index in [-0.39, 0.29) is 31.6 Å². The first-order valence-corrected chi connectivity index (χ1v) is 31.3. The van der Waals surface area contributed by atoms with Crippen LogP contribution in [-0.4, -0.2) is 37.2 Å². The molecule has 0 rings (SSSR count). The lowest BCUT2D eigenvalue weighted by molar-refractivity contribution is -0.166. The Morgan fingerprint density at radius 2 is 0.532 bits per heavy atom. The number of carbonyl (C=O) groups is 3. The normalized spacial score (nSPS) is 13.4. The second-order valence-electron chi connectivity index (χ2n) is 19.9. The molecular weight excluding hydrogens is 973 g/mol. The quantitative estimate of drug-likeness (QED) is 0.0261. The largest absolute Gasteiger partial charge is 0.462 e. The Kier molecular flexibility index (Phi) is 60.5. The van der Waals surface area contributed by atoms with Gasteiger partial charge in [-0.05, 0) is 122 Å². The summed E-state index contributed by atoms with van der Waals surface area (Å²) < 4.78 is 16.7. The monoisotopic (exact) mass is 1080 g/mol. The van der Waals surface area contributed by atoms with E-state index in [0.717, 1.165) is 141 Å². The van der Waals surface area contributed by atoms with Gasteiger partial charge in [0.05, 0.1) is 6.42 Å². The molecule has 0 aromatic heterocycles. The average molecular weight is 1090 g/mol. The van der Waals surface area contributed by atoms with Gasteiger partial charge in [-0.3, -0.25) is 14.4 Å². The third kappa shape index (κ3) is 63.2. The first-order chi connectivity index (χ1) is 39.0. The highest BCUT2D eigenvalue weighted by molar-refractivity contribution is 5.72. The van der Waals surface area contributed by atoms with Crippen molar-refractivity contribution in [3.8, 4) is 0 Å². The zero-order chi connectivity index (χ0) is 57.1. The smallest absolute Gasteiger partial charge is 0.310 e. The molecule has 0 aromatic rings. The molecule has 0 saturated heterocycles. The van der Waals surface area contributed by atoms with Crippen LogP contribution in [-0.2, 0) is 28.6 Å². The van der Waals surface area contributed by atoms with Crippen molar-refractivity contribution < 1.29 is 28.6 Å². The summed E-state index contributed by atoms with van der Waals surface area (Å²) in [5.41, 5.74) is 0. The van der Waals surface area contributed by atoms with Crippen molar-refractivity contribution in [2.45, 2.75) is 245 Å². The number of carbonyl (C=O) groups excluding carboxylic acids is 3. The summed E-state index contributed by atoms with van der Waals surface area (Å²) in [6.07, 6.45) is 97.9. The Morgan fingerprint density at radius 1 is 0.278 bits per heavy atom. The Labute approximate surface area is 484 Å².